The van der Waals surface area contributed by atoms with Gasteiger partial charge in [0.25, 0.3) is 0 Å². The SMILES string of the molecule is CCC(=O)Nc1nnc(C2CC(=O)N(c3ccccc3)C2)s1. The molecule has 1 fully saturated rings. The van der Waals surface area contributed by atoms with Crippen LogP contribution < -0.4 is 10.2 Å². The molecule has 0 saturated carbocycles. The van der Waals surface area contributed by atoms with Gasteiger partial charge in [-0.3, -0.25) is 9.59 Å². The molecule has 2 heterocycles. The van der Waals surface area contributed by atoms with Crippen molar-refractivity contribution < 1.29 is 9.59 Å². The first-order chi connectivity index (χ1) is 10.7. The number of rotatable bonds is 4. The van der Waals surface area contributed by atoms with Gasteiger partial charge in [0.2, 0.25) is 16.9 Å². The molecule has 0 spiro atoms. The molecule has 1 aromatic heterocycles. The molecule has 0 bridgehead atoms. The van der Waals surface area contributed by atoms with Crippen LogP contribution in [0.3, 0.4) is 0 Å². The Kier molecular flexibility index (Phi) is 4.15. The molecular weight excluding hydrogens is 300 g/mol. The molecule has 3 rings (SSSR count). The monoisotopic (exact) mass is 316 g/mol. The summed E-state index contributed by atoms with van der Waals surface area (Å²) in [6.45, 7) is 2.38. The number of para-hydroxylation sites is 1. The van der Waals surface area contributed by atoms with Gasteiger partial charge in [0.05, 0.1) is 0 Å². The number of nitrogens with one attached hydrogen (secondary N) is 1. The molecule has 114 valence electrons. The van der Waals surface area contributed by atoms with Crippen LogP contribution in [-0.4, -0.2) is 28.6 Å². The van der Waals surface area contributed by atoms with Gasteiger partial charge in [-0.25, -0.2) is 0 Å². The molecule has 2 aromatic rings. The minimum Gasteiger partial charge on any atom is -0.312 e. The largest absolute Gasteiger partial charge is 0.312 e. The average molecular weight is 316 g/mol. The fourth-order valence-corrected chi connectivity index (χ4v) is 3.24. The quantitative estimate of drug-likeness (QED) is 0.940. The zero-order valence-corrected chi connectivity index (χ0v) is 13.0. The van der Waals surface area contributed by atoms with Crippen LogP contribution in [0.25, 0.3) is 0 Å². The van der Waals surface area contributed by atoms with E-state index in [0.29, 0.717) is 24.5 Å². The van der Waals surface area contributed by atoms with Gasteiger partial charge in [-0.05, 0) is 12.1 Å². The predicted octanol–water partition coefficient (Wildman–Crippen LogP) is 2.41. The highest BCUT2D eigenvalue weighted by Gasteiger charge is 2.33. The van der Waals surface area contributed by atoms with Crippen LogP contribution in [0.2, 0.25) is 0 Å². The lowest BCUT2D eigenvalue weighted by Gasteiger charge is -2.15. The van der Waals surface area contributed by atoms with Crippen molar-refractivity contribution in [3.8, 4) is 0 Å². The molecule has 1 N–H and O–H groups in total. The predicted molar refractivity (Wildman–Crippen MR) is 85.0 cm³/mol. The van der Waals surface area contributed by atoms with Crippen LogP contribution in [0.15, 0.2) is 30.3 Å². The zero-order chi connectivity index (χ0) is 15.5. The summed E-state index contributed by atoms with van der Waals surface area (Å²) in [4.78, 5) is 25.3. The van der Waals surface area contributed by atoms with Crippen molar-refractivity contribution in [2.75, 3.05) is 16.8 Å². The molecule has 22 heavy (non-hydrogen) atoms. The lowest BCUT2D eigenvalue weighted by Crippen LogP contribution is -2.24. The summed E-state index contributed by atoms with van der Waals surface area (Å²) < 4.78 is 0. The summed E-state index contributed by atoms with van der Waals surface area (Å²) in [5.74, 6) is 0.0270. The summed E-state index contributed by atoms with van der Waals surface area (Å²) in [5.41, 5.74) is 0.902. The molecular formula is C15H16N4O2S. The maximum Gasteiger partial charge on any atom is 0.227 e. The van der Waals surface area contributed by atoms with Crippen molar-refractivity contribution in [2.45, 2.75) is 25.7 Å². The molecule has 1 unspecified atom stereocenters. The normalized spacial score (nSPS) is 17.8. The highest BCUT2D eigenvalue weighted by Crippen LogP contribution is 2.34. The summed E-state index contributed by atoms with van der Waals surface area (Å²) >= 11 is 1.34. The third kappa shape index (κ3) is 2.99. The van der Waals surface area contributed by atoms with Crippen molar-refractivity contribution in [3.63, 3.8) is 0 Å². The van der Waals surface area contributed by atoms with Crippen LogP contribution in [0.5, 0.6) is 0 Å². The first-order valence-electron chi connectivity index (χ1n) is 7.16. The molecule has 6 nitrogen and oxygen atoms in total. The van der Waals surface area contributed by atoms with Crippen molar-refractivity contribution in [1.82, 2.24) is 10.2 Å². The molecule has 2 amide bonds. The van der Waals surface area contributed by atoms with Crippen molar-refractivity contribution in [1.29, 1.82) is 0 Å². The lowest BCUT2D eigenvalue weighted by atomic mass is 10.1. The van der Waals surface area contributed by atoms with E-state index in [4.69, 9.17) is 0 Å². The van der Waals surface area contributed by atoms with Gasteiger partial charge in [-0.15, -0.1) is 10.2 Å². The fraction of sp³-hybridized carbons (Fsp3) is 0.333. The fourth-order valence-electron chi connectivity index (χ4n) is 2.39. The molecule has 1 atom stereocenters. The Morgan fingerprint density at radius 3 is 2.86 bits per heavy atom. The number of benzene rings is 1. The van der Waals surface area contributed by atoms with Crippen molar-refractivity contribution in [2.24, 2.45) is 0 Å². The van der Waals surface area contributed by atoms with E-state index in [1.54, 1.807) is 11.8 Å². The number of carbonyl (C=O) groups is 2. The number of hydrogen-bond donors (Lipinski definition) is 1. The number of anilines is 2. The topological polar surface area (TPSA) is 75.2 Å². The second-order valence-corrected chi connectivity index (χ2v) is 6.10. The van der Waals surface area contributed by atoms with Crippen molar-refractivity contribution in [3.05, 3.63) is 35.3 Å². The van der Waals surface area contributed by atoms with Crippen LogP contribution in [0.4, 0.5) is 10.8 Å². The van der Waals surface area contributed by atoms with Crippen LogP contribution in [-0.2, 0) is 9.59 Å². The minimum atomic E-state index is -0.0869. The van der Waals surface area contributed by atoms with E-state index in [2.05, 4.69) is 15.5 Å². The van der Waals surface area contributed by atoms with E-state index in [0.717, 1.165) is 10.7 Å². The first kappa shape index (κ1) is 14.6. The number of nitrogens with zero attached hydrogens (tertiary/aromatic N) is 3. The highest BCUT2D eigenvalue weighted by atomic mass is 32.1. The van der Waals surface area contributed by atoms with Gasteiger partial charge in [-0.2, -0.15) is 0 Å². The standard InChI is InChI=1S/C15H16N4O2S/c1-2-12(20)16-15-18-17-14(22-15)10-8-13(21)19(9-10)11-6-4-3-5-7-11/h3-7,10H,2,8-9H2,1H3,(H,16,18,20). The van der Waals surface area contributed by atoms with Crippen LogP contribution in [0, 0.1) is 0 Å². The molecule has 1 aliphatic heterocycles. The van der Waals surface area contributed by atoms with Gasteiger partial charge in [-0.1, -0.05) is 36.5 Å². The third-order valence-electron chi connectivity index (χ3n) is 3.55. The Labute approximate surface area is 132 Å². The van der Waals surface area contributed by atoms with Gasteiger partial charge in [0, 0.05) is 31.0 Å². The molecule has 1 saturated heterocycles. The first-order valence-corrected chi connectivity index (χ1v) is 7.97. The van der Waals surface area contributed by atoms with E-state index in [1.807, 2.05) is 30.3 Å². The van der Waals surface area contributed by atoms with E-state index in [1.165, 1.54) is 11.3 Å². The van der Waals surface area contributed by atoms with E-state index in [9.17, 15) is 9.59 Å². The summed E-state index contributed by atoms with van der Waals surface area (Å²) in [5, 5.41) is 12.1. The molecule has 0 aliphatic carbocycles. The number of aromatic nitrogens is 2. The average Bonchev–Trinajstić information content (AvgIpc) is 3.14. The highest BCUT2D eigenvalue weighted by molar-refractivity contribution is 7.15. The molecule has 1 aliphatic rings. The number of carbonyl (C=O) groups excluding carboxylic acids is 2. The Morgan fingerprint density at radius 1 is 1.36 bits per heavy atom. The summed E-state index contributed by atoms with van der Waals surface area (Å²) in [7, 11) is 0. The Bertz CT molecular complexity index is 686. The molecule has 1 aromatic carbocycles. The second kappa shape index (κ2) is 6.23. The minimum absolute atomic E-state index is 0.0254. The Balaban J connectivity index is 1.72. The van der Waals surface area contributed by atoms with Crippen LogP contribution >= 0.6 is 11.3 Å². The third-order valence-corrected chi connectivity index (χ3v) is 4.55. The zero-order valence-electron chi connectivity index (χ0n) is 12.2. The number of hydrogen-bond acceptors (Lipinski definition) is 5. The van der Waals surface area contributed by atoms with Gasteiger partial charge in [0.1, 0.15) is 5.01 Å². The maximum atomic E-state index is 12.2. The Morgan fingerprint density at radius 2 is 2.14 bits per heavy atom. The smallest absolute Gasteiger partial charge is 0.227 e. The molecule has 0 radical (unpaired) electrons. The van der Waals surface area contributed by atoms with Gasteiger partial charge >= 0.3 is 0 Å². The second-order valence-electron chi connectivity index (χ2n) is 5.09. The summed E-state index contributed by atoms with van der Waals surface area (Å²) in [6, 6.07) is 9.61. The van der Waals surface area contributed by atoms with E-state index in [-0.39, 0.29) is 17.7 Å². The Hall–Kier alpha value is -2.28. The maximum absolute atomic E-state index is 12.2. The number of amides is 2. The van der Waals surface area contributed by atoms with Crippen molar-refractivity contribution >= 4 is 34.0 Å². The summed E-state index contributed by atoms with van der Waals surface area (Å²) in [6.07, 6.45) is 0.823. The van der Waals surface area contributed by atoms with Gasteiger partial charge in [0.15, 0.2) is 0 Å². The van der Waals surface area contributed by atoms with Gasteiger partial charge < -0.3 is 10.2 Å². The molecule has 7 heteroatoms. The van der Waals surface area contributed by atoms with E-state index < -0.39 is 0 Å². The van der Waals surface area contributed by atoms with Crippen LogP contribution in [0.1, 0.15) is 30.7 Å². The lowest BCUT2D eigenvalue weighted by molar-refractivity contribution is -0.117. The van der Waals surface area contributed by atoms with E-state index >= 15 is 0 Å².